The van der Waals surface area contributed by atoms with Crippen LogP contribution in [0.4, 0.5) is 0 Å². The molecule has 114 valence electrons. The maximum atomic E-state index is 6.06. The number of furan rings is 1. The van der Waals surface area contributed by atoms with Gasteiger partial charge in [-0.3, -0.25) is 0 Å². The van der Waals surface area contributed by atoms with Crippen LogP contribution in [0.2, 0.25) is 0 Å². The summed E-state index contributed by atoms with van der Waals surface area (Å²) in [4.78, 5) is 0. The first-order valence-corrected chi connectivity index (χ1v) is 8.20. The Morgan fingerprint density at radius 3 is 2.29 bits per heavy atom. The van der Waals surface area contributed by atoms with Crippen molar-refractivity contribution in [2.45, 2.75) is 6.92 Å². The molecule has 1 heterocycles. The van der Waals surface area contributed by atoms with Gasteiger partial charge >= 0.3 is 0 Å². The molecule has 0 saturated heterocycles. The Balaban J connectivity index is 1.72. The fourth-order valence-corrected chi connectivity index (χ4v) is 3.44. The van der Waals surface area contributed by atoms with Crippen LogP contribution >= 0.6 is 0 Å². The first-order valence-electron chi connectivity index (χ1n) is 8.20. The van der Waals surface area contributed by atoms with E-state index in [1.807, 2.05) is 0 Å². The van der Waals surface area contributed by atoms with Crippen LogP contribution in [-0.2, 0) is 0 Å². The molecule has 0 N–H and O–H groups in total. The van der Waals surface area contributed by atoms with Crippen molar-refractivity contribution >= 4 is 32.7 Å². The zero-order valence-corrected chi connectivity index (χ0v) is 13.4. The molecular weight excluding hydrogens is 292 g/mol. The highest BCUT2D eigenvalue weighted by Crippen LogP contribution is 2.33. The molecule has 1 heteroatoms. The van der Waals surface area contributed by atoms with E-state index in [0.29, 0.717) is 0 Å². The summed E-state index contributed by atoms with van der Waals surface area (Å²) in [5, 5.41) is 4.89. The van der Waals surface area contributed by atoms with E-state index in [1.54, 1.807) is 0 Å². The summed E-state index contributed by atoms with van der Waals surface area (Å²) >= 11 is 0. The molecule has 0 atom stereocenters. The Labute approximate surface area is 140 Å². The Morgan fingerprint density at radius 1 is 0.583 bits per heavy atom. The van der Waals surface area contributed by atoms with E-state index in [-0.39, 0.29) is 0 Å². The Bertz CT molecular complexity index is 1210. The molecule has 0 aliphatic heterocycles. The highest BCUT2D eigenvalue weighted by atomic mass is 16.3. The number of benzene rings is 4. The standard InChI is InChI=1S/C23H16O/c1-15-6-11-22-21(12-15)20-10-9-19(14-23(20)24-22)18-8-7-16-4-2-3-5-17(16)13-18/h2-14H,1H3. The van der Waals surface area contributed by atoms with E-state index in [1.165, 1.54) is 38.2 Å². The van der Waals surface area contributed by atoms with Gasteiger partial charge in [0.1, 0.15) is 11.2 Å². The van der Waals surface area contributed by atoms with Gasteiger partial charge in [-0.1, -0.05) is 54.1 Å². The summed E-state index contributed by atoms with van der Waals surface area (Å²) in [6.45, 7) is 2.11. The lowest BCUT2D eigenvalue weighted by atomic mass is 10.00. The second kappa shape index (κ2) is 4.97. The first-order chi connectivity index (χ1) is 11.8. The summed E-state index contributed by atoms with van der Waals surface area (Å²) in [5.74, 6) is 0. The zero-order chi connectivity index (χ0) is 16.1. The Kier molecular flexibility index (Phi) is 2.77. The maximum absolute atomic E-state index is 6.06. The van der Waals surface area contributed by atoms with Gasteiger partial charge in [-0.25, -0.2) is 0 Å². The van der Waals surface area contributed by atoms with Gasteiger partial charge in [0.2, 0.25) is 0 Å². The molecule has 0 aliphatic carbocycles. The summed E-state index contributed by atoms with van der Waals surface area (Å²) in [6, 6.07) is 27.9. The topological polar surface area (TPSA) is 13.1 Å². The fourth-order valence-electron chi connectivity index (χ4n) is 3.44. The molecule has 0 aliphatic rings. The number of aryl methyl sites for hydroxylation is 1. The van der Waals surface area contributed by atoms with E-state index in [0.717, 1.165) is 11.2 Å². The van der Waals surface area contributed by atoms with Crippen molar-refractivity contribution in [2.75, 3.05) is 0 Å². The van der Waals surface area contributed by atoms with Gasteiger partial charge in [-0.2, -0.15) is 0 Å². The minimum absolute atomic E-state index is 0.946. The fraction of sp³-hybridized carbons (Fsp3) is 0.0435. The van der Waals surface area contributed by atoms with E-state index in [9.17, 15) is 0 Å². The molecule has 24 heavy (non-hydrogen) atoms. The van der Waals surface area contributed by atoms with Gasteiger partial charge in [-0.15, -0.1) is 0 Å². The van der Waals surface area contributed by atoms with Gasteiger partial charge in [0.05, 0.1) is 0 Å². The first kappa shape index (κ1) is 13.4. The predicted octanol–water partition coefficient (Wildman–Crippen LogP) is 6.71. The van der Waals surface area contributed by atoms with Crippen molar-refractivity contribution in [1.29, 1.82) is 0 Å². The molecule has 4 aromatic carbocycles. The molecule has 1 nitrogen and oxygen atoms in total. The lowest BCUT2D eigenvalue weighted by Gasteiger charge is -2.04. The highest BCUT2D eigenvalue weighted by molar-refractivity contribution is 6.06. The van der Waals surface area contributed by atoms with Gasteiger partial charge in [0.15, 0.2) is 0 Å². The van der Waals surface area contributed by atoms with Crippen LogP contribution in [0.1, 0.15) is 5.56 Å². The van der Waals surface area contributed by atoms with Crippen molar-refractivity contribution in [3.63, 3.8) is 0 Å². The normalized spacial score (nSPS) is 11.5. The van der Waals surface area contributed by atoms with Gasteiger partial charge in [0, 0.05) is 10.8 Å². The molecule has 0 bridgehead atoms. The quantitative estimate of drug-likeness (QED) is 0.335. The van der Waals surface area contributed by atoms with Crippen molar-refractivity contribution in [3.05, 3.63) is 84.4 Å². The SMILES string of the molecule is Cc1ccc2oc3cc(-c4ccc5ccccc5c4)ccc3c2c1. The second-order valence-electron chi connectivity index (χ2n) is 6.37. The number of rotatable bonds is 1. The largest absolute Gasteiger partial charge is 0.456 e. The summed E-state index contributed by atoms with van der Waals surface area (Å²) < 4.78 is 6.06. The number of hydrogen-bond acceptors (Lipinski definition) is 1. The van der Waals surface area contributed by atoms with Crippen molar-refractivity contribution in [2.24, 2.45) is 0 Å². The van der Waals surface area contributed by atoms with Crippen molar-refractivity contribution in [1.82, 2.24) is 0 Å². The Morgan fingerprint density at radius 2 is 1.38 bits per heavy atom. The van der Waals surface area contributed by atoms with Crippen LogP contribution in [-0.4, -0.2) is 0 Å². The molecule has 0 unspecified atom stereocenters. The smallest absolute Gasteiger partial charge is 0.136 e. The summed E-state index contributed by atoms with van der Waals surface area (Å²) in [5.41, 5.74) is 5.55. The van der Waals surface area contributed by atoms with Crippen LogP contribution in [0, 0.1) is 6.92 Å². The minimum atomic E-state index is 0.946. The zero-order valence-electron chi connectivity index (χ0n) is 13.4. The van der Waals surface area contributed by atoms with E-state index >= 15 is 0 Å². The van der Waals surface area contributed by atoms with Crippen LogP contribution in [0.3, 0.4) is 0 Å². The number of fused-ring (bicyclic) bond motifs is 4. The maximum Gasteiger partial charge on any atom is 0.136 e. The lowest BCUT2D eigenvalue weighted by Crippen LogP contribution is -1.79. The van der Waals surface area contributed by atoms with Crippen LogP contribution in [0.5, 0.6) is 0 Å². The molecule has 0 spiro atoms. The minimum Gasteiger partial charge on any atom is -0.456 e. The van der Waals surface area contributed by atoms with Gasteiger partial charge in [-0.05, 0) is 59.2 Å². The monoisotopic (exact) mass is 308 g/mol. The third-order valence-electron chi connectivity index (χ3n) is 4.71. The van der Waals surface area contributed by atoms with Crippen LogP contribution in [0.15, 0.2) is 83.3 Å². The third-order valence-corrected chi connectivity index (χ3v) is 4.71. The molecule has 5 rings (SSSR count). The molecule has 0 fully saturated rings. The van der Waals surface area contributed by atoms with Gasteiger partial charge in [0.25, 0.3) is 0 Å². The van der Waals surface area contributed by atoms with Crippen molar-refractivity contribution in [3.8, 4) is 11.1 Å². The Hall–Kier alpha value is -3.06. The molecular formula is C23H16O. The van der Waals surface area contributed by atoms with E-state index in [2.05, 4.69) is 85.8 Å². The average molecular weight is 308 g/mol. The molecule has 0 saturated carbocycles. The molecule has 0 amide bonds. The van der Waals surface area contributed by atoms with E-state index in [4.69, 9.17) is 4.42 Å². The molecule has 0 radical (unpaired) electrons. The summed E-state index contributed by atoms with van der Waals surface area (Å²) in [7, 11) is 0. The second-order valence-corrected chi connectivity index (χ2v) is 6.37. The predicted molar refractivity (Wildman–Crippen MR) is 101 cm³/mol. The highest BCUT2D eigenvalue weighted by Gasteiger charge is 2.09. The number of hydrogen-bond donors (Lipinski definition) is 0. The van der Waals surface area contributed by atoms with E-state index < -0.39 is 0 Å². The van der Waals surface area contributed by atoms with Crippen molar-refractivity contribution < 1.29 is 4.42 Å². The van der Waals surface area contributed by atoms with Crippen LogP contribution < -0.4 is 0 Å². The average Bonchev–Trinajstić information content (AvgIpc) is 2.98. The summed E-state index contributed by atoms with van der Waals surface area (Å²) in [6.07, 6.45) is 0. The molecule has 5 aromatic rings. The third kappa shape index (κ3) is 2.02. The van der Waals surface area contributed by atoms with Gasteiger partial charge < -0.3 is 4.42 Å². The molecule has 1 aromatic heterocycles. The lowest BCUT2D eigenvalue weighted by molar-refractivity contribution is 0.669. The van der Waals surface area contributed by atoms with Crippen LogP contribution in [0.25, 0.3) is 43.8 Å².